The predicted molar refractivity (Wildman–Crippen MR) is 81.3 cm³/mol. The van der Waals surface area contributed by atoms with Gasteiger partial charge in [-0.15, -0.1) is 11.3 Å². The lowest BCUT2D eigenvalue weighted by Gasteiger charge is -2.14. The van der Waals surface area contributed by atoms with E-state index in [4.69, 9.17) is 0 Å². The standard InChI is InChI=1S/C14H17N5S/c1-8-5-13(19-12(15-8)6-9(2)18-19)17-11(4)14-16-10(3)7-20-14/h5-7,11,17H,1-4H3/t11-/m0/s1. The topological polar surface area (TPSA) is 55.1 Å². The van der Waals surface area contributed by atoms with Crippen molar-refractivity contribution in [3.8, 4) is 0 Å². The zero-order chi connectivity index (χ0) is 14.3. The Morgan fingerprint density at radius 2 is 1.90 bits per heavy atom. The van der Waals surface area contributed by atoms with Gasteiger partial charge in [-0.2, -0.15) is 9.61 Å². The van der Waals surface area contributed by atoms with Gasteiger partial charge in [0.05, 0.1) is 11.7 Å². The minimum Gasteiger partial charge on any atom is -0.361 e. The van der Waals surface area contributed by atoms with Crippen LogP contribution in [0.3, 0.4) is 0 Å². The van der Waals surface area contributed by atoms with E-state index >= 15 is 0 Å². The Morgan fingerprint density at radius 3 is 2.60 bits per heavy atom. The van der Waals surface area contributed by atoms with Crippen LogP contribution >= 0.6 is 11.3 Å². The van der Waals surface area contributed by atoms with Crippen molar-refractivity contribution in [1.29, 1.82) is 0 Å². The zero-order valence-corrected chi connectivity index (χ0v) is 12.8. The molecule has 0 radical (unpaired) electrons. The number of nitrogens with one attached hydrogen (secondary N) is 1. The van der Waals surface area contributed by atoms with Gasteiger partial charge in [-0.05, 0) is 27.7 Å². The first-order valence-electron chi connectivity index (χ1n) is 6.55. The van der Waals surface area contributed by atoms with Crippen molar-refractivity contribution in [2.45, 2.75) is 33.7 Å². The molecule has 5 nitrogen and oxygen atoms in total. The molecule has 0 aliphatic carbocycles. The smallest absolute Gasteiger partial charge is 0.157 e. The number of nitrogens with zero attached hydrogens (tertiary/aromatic N) is 4. The molecule has 1 N–H and O–H groups in total. The number of aromatic nitrogens is 4. The van der Waals surface area contributed by atoms with Crippen molar-refractivity contribution < 1.29 is 0 Å². The van der Waals surface area contributed by atoms with E-state index in [9.17, 15) is 0 Å². The van der Waals surface area contributed by atoms with Gasteiger partial charge in [0.1, 0.15) is 10.8 Å². The summed E-state index contributed by atoms with van der Waals surface area (Å²) in [5, 5.41) is 11.1. The molecule has 3 aromatic heterocycles. The van der Waals surface area contributed by atoms with Gasteiger partial charge in [-0.1, -0.05) is 0 Å². The fraction of sp³-hybridized carbons (Fsp3) is 0.357. The molecule has 0 aliphatic heterocycles. The number of anilines is 1. The maximum atomic E-state index is 4.53. The van der Waals surface area contributed by atoms with Crippen LogP contribution in [0, 0.1) is 20.8 Å². The van der Waals surface area contributed by atoms with E-state index in [1.807, 2.05) is 37.4 Å². The number of thiazole rings is 1. The maximum absolute atomic E-state index is 4.53. The molecule has 0 fully saturated rings. The van der Waals surface area contributed by atoms with E-state index in [1.54, 1.807) is 11.3 Å². The molecule has 104 valence electrons. The van der Waals surface area contributed by atoms with Gasteiger partial charge in [0.25, 0.3) is 0 Å². The van der Waals surface area contributed by atoms with Crippen LogP contribution in [0.25, 0.3) is 5.65 Å². The molecule has 3 heterocycles. The molecule has 1 atom stereocenters. The van der Waals surface area contributed by atoms with Gasteiger partial charge in [0, 0.05) is 28.9 Å². The van der Waals surface area contributed by atoms with Crippen LogP contribution in [0.5, 0.6) is 0 Å². The summed E-state index contributed by atoms with van der Waals surface area (Å²) >= 11 is 1.67. The number of hydrogen-bond acceptors (Lipinski definition) is 5. The minimum absolute atomic E-state index is 0.142. The molecule has 0 saturated carbocycles. The molecule has 0 saturated heterocycles. The Balaban J connectivity index is 1.97. The Kier molecular flexibility index (Phi) is 3.17. The molecule has 20 heavy (non-hydrogen) atoms. The molecule has 0 amide bonds. The Bertz CT molecular complexity index is 758. The molecule has 0 unspecified atom stereocenters. The van der Waals surface area contributed by atoms with Gasteiger partial charge in [-0.25, -0.2) is 9.97 Å². The van der Waals surface area contributed by atoms with Gasteiger partial charge in [0.2, 0.25) is 0 Å². The quantitative estimate of drug-likeness (QED) is 0.803. The molecule has 3 aromatic rings. The summed E-state index contributed by atoms with van der Waals surface area (Å²) in [7, 11) is 0. The number of rotatable bonds is 3. The van der Waals surface area contributed by atoms with E-state index in [0.717, 1.165) is 33.6 Å². The molecular formula is C14H17N5S. The first-order valence-corrected chi connectivity index (χ1v) is 7.43. The number of aryl methyl sites for hydroxylation is 3. The van der Waals surface area contributed by atoms with Crippen molar-refractivity contribution in [2.75, 3.05) is 5.32 Å². The zero-order valence-electron chi connectivity index (χ0n) is 12.0. The lowest BCUT2D eigenvalue weighted by Crippen LogP contribution is -2.11. The predicted octanol–water partition coefficient (Wildman–Crippen LogP) is 3.28. The van der Waals surface area contributed by atoms with Crippen LogP contribution in [0.1, 0.15) is 35.1 Å². The second-order valence-electron chi connectivity index (χ2n) is 5.03. The van der Waals surface area contributed by atoms with E-state index in [1.165, 1.54) is 0 Å². The van der Waals surface area contributed by atoms with Crippen LogP contribution in [0.2, 0.25) is 0 Å². The summed E-state index contributed by atoms with van der Waals surface area (Å²) in [6, 6.07) is 4.13. The third-order valence-corrected chi connectivity index (χ3v) is 4.19. The molecule has 0 bridgehead atoms. The molecule has 3 rings (SSSR count). The molecular weight excluding hydrogens is 270 g/mol. The van der Waals surface area contributed by atoms with E-state index in [-0.39, 0.29) is 6.04 Å². The van der Waals surface area contributed by atoms with Crippen LogP contribution < -0.4 is 5.32 Å². The van der Waals surface area contributed by atoms with Gasteiger partial charge in [-0.3, -0.25) is 0 Å². The Labute approximate surface area is 121 Å². The fourth-order valence-corrected chi connectivity index (χ4v) is 2.98. The largest absolute Gasteiger partial charge is 0.361 e. The van der Waals surface area contributed by atoms with Crippen molar-refractivity contribution in [1.82, 2.24) is 19.6 Å². The average molecular weight is 287 g/mol. The monoisotopic (exact) mass is 287 g/mol. The summed E-state index contributed by atoms with van der Waals surface area (Å²) in [5.74, 6) is 0.945. The summed E-state index contributed by atoms with van der Waals surface area (Å²) in [6.45, 7) is 8.09. The first-order chi connectivity index (χ1) is 9.52. The van der Waals surface area contributed by atoms with Crippen molar-refractivity contribution in [3.63, 3.8) is 0 Å². The van der Waals surface area contributed by atoms with Gasteiger partial charge in [0.15, 0.2) is 5.65 Å². The number of hydrogen-bond donors (Lipinski definition) is 1. The van der Waals surface area contributed by atoms with E-state index in [0.29, 0.717) is 0 Å². The lowest BCUT2D eigenvalue weighted by atomic mass is 10.3. The normalized spacial score (nSPS) is 12.8. The third kappa shape index (κ3) is 2.38. The average Bonchev–Trinajstić information content (AvgIpc) is 2.94. The van der Waals surface area contributed by atoms with Gasteiger partial charge >= 0.3 is 0 Å². The second kappa shape index (κ2) is 4.86. The van der Waals surface area contributed by atoms with Crippen molar-refractivity contribution in [2.24, 2.45) is 0 Å². The fourth-order valence-electron chi connectivity index (χ4n) is 2.17. The van der Waals surface area contributed by atoms with Crippen LogP contribution in [0.4, 0.5) is 5.82 Å². The van der Waals surface area contributed by atoms with Crippen LogP contribution in [-0.2, 0) is 0 Å². The van der Waals surface area contributed by atoms with Crippen molar-refractivity contribution >= 4 is 22.8 Å². The molecule has 0 aliphatic rings. The SMILES string of the molecule is Cc1csc([C@H](C)Nc2cc(C)nc3cc(C)nn23)n1. The second-order valence-corrected chi connectivity index (χ2v) is 5.92. The summed E-state index contributed by atoms with van der Waals surface area (Å²) in [4.78, 5) is 9.01. The van der Waals surface area contributed by atoms with E-state index < -0.39 is 0 Å². The maximum Gasteiger partial charge on any atom is 0.157 e. The lowest BCUT2D eigenvalue weighted by molar-refractivity contribution is 0.822. The Hall–Kier alpha value is -1.95. The molecule has 0 aromatic carbocycles. The highest BCUT2D eigenvalue weighted by Crippen LogP contribution is 2.23. The van der Waals surface area contributed by atoms with Gasteiger partial charge < -0.3 is 5.32 Å². The summed E-state index contributed by atoms with van der Waals surface area (Å²) in [6.07, 6.45) is 0. The number of fused-ring (bicyclic) bond motifs is 1. The highest BCUT2D eigenvalue weighted by molar-refractivity contribution is 7.09. The minimum atomic E-state index is 0.142. The third-order valence-electron chi connectivity index (χ3n) is 3.05. The highest BCUT2D eigenvalue weighted by atomic mass is 32.1. The van der Waals surface area contributed by atoms with Crippen LogP contribution in [-0.4, -0.2) is 19.6 Å². The highest BCUT2D eigenvalue weighted by Gasteiger charge is 2.13. The summed E-state index contributed by atoms with van der Waals surface area (Å²) in [5.41, 5.74) is 3.86. The Morgan fingerprint density at radius 1 is 1.10 bits per heavy atom. The van der Waals surface area contributed by atoms with E-state index in [2.05, 4.69) is 32.7 Å². The van der Waals surface area contributed by atoms with Crippen molar-refractivity contribution in [3.05, 3.63) is 39.6 Å². The molecule has 6 heteroatoms. The first kappa shape index (κ1) is 13.1. The summed E-state index contributed by atoms with van der Waals surface area (Å²) < 4.78 is 1.85. The van der Waals surface area contributed by atoms with Crippen LogP contribution in [0.15, 0.2) is 17.5 Å². The molecule has 0 spiro atoms.